The Bertz CT molecular complexity index is 7720. The Kier molecular flexibility index (Phi) is 18.3. The number of hydrogen-bond donors (Lipinski definition) is 0. The normalized spacial score (nSPS) is 11.4. The van der Waals surface area contributed by atoms with Crippen LogP contribution in [0.5, 0.6) is 0 Å². The third-order valence-corrected chi connectivity index (χ3v) is 22.0. The van der Waals surface area contributed by atoms with Crippen molar-refractivity contribution < 1.29 is 0 Å². The van der Waals surface area contributed by atoms with E-state index in [0.717, 1.165) is 138 Å². The van der Waals surface area contributed by atoms with E-state index in [0.29, 0.717) is 34.9 Å². The van der Waals surface area contributed by atoms with Gasteiger partial charge in [-0.2, -0.15) is 0 Å². The van der Waals surface area contributed by atoms with Crippen LogP contribution in [-0.4, -0.2) is 74.8 Å². The van der Waals surface area contributed by atoms with E-state index in [1.165, 1.54) is 59.6 Å². The lowest BCUT2D eigenvalue weighted by Crippen LogP contribution is -2.01. The molecule has 0 atom stereocenters. The molecule has 15 heteroatoms. The molecule has 0 aliphatic rings. The molecule has 0 aliphatic heterocycles. The Labute approximate surface area is 688 Å². The topological polar surface area (TPSA) is 193 Å². The summed E-state index contributed by atoms with van der Waals surface area (Å²) in [4.78, 5) is 71.7. The molecule has 11 heterocycles. The second kappa shape index (κ2) is 30.8. The van der Waals surface area contributed by atoms with E-state index >= 15 is 0 Å². The molecule has 0 fully saturated rings. The van der Waals surface area contributed by atoms with Crippen LogP contribution in [0.4, 0.5) is 0 Å². The predicted octanol–water partition coefficient (Wildman–Crippen LogP) is 24.8. The second-order valence-corrected chi connectivity index (χ2v) is 29.5. The van der Waals surface area contributed by atoms with Crippen LogP contribution >= 0.6 is 0 Å². The number of para-hydroxylation sites is 4. The summed E-state index contributed by atoms with van der Waals surface area (Å²) in [6, 6.07) is 110. The zero-order valence-electron chi connectivity index (χ0n) is 64.9. The summed E-state index contributed by atoms with van der Waals surface area (Å²) in [7, 11) is 0. The first-order valence-corrected chi connectivity index (χ1v) is 39.6. The lowest BCUT2D eigenvalue weighted by Gasteiger charge is -2.12. The maximum atomic E-state index is 5.10. The van der Waals surface area contributed by atoms with Gasteiger partial charge in [0.1, 0.15) is 0 Å². The first-order valence-electron chi connectivity index (χ1n) is 39.6. The molecule has 120 heavy (non-hydrogen) atoms. The molecular formula is C105H67N15. The van der Waals surface area contributed by atoms with Crippen LogP contribution in [0.25, 0.3) is 222 Å². The highest BCUT2D eigenvalue weighted by Gasteiger charge is 2.22. The molecule has 11 aromatic heterocycles. The summed E-state index contributed by atoms with van der Waals surface area (Å²) < 4.78 is 0. The van der Waals surface area contributed by atoms with Crippen LogP contribution < -0.4 is 0 Å². The van der Waals surface area contributed by atoms with Gasteiger partial charge in [-0.05, 0) is 137 Å². The highest BCUT2D eigenvalue weighted by atomic mass is 15.0. The van der Waals surface area contributed by atoms with Gasteiger partial charge in [-0.15, -0.1) is 0 Å². The van der Waals surface area contributed by atoms with Gasteiger partial charge in [0.05, 0.1) is 56.2 Å². The zero-order chi connectivity index (χ0) is 80.0. The van der Waals surface area contributed by atoms with Crippen molar-refractivity contribution in [3.05, 3.63) is 382 Å². The van der Waals surface area contributed by atoms with E-state index < -0.39 is 0 Å². The highest BCUT2D eigenvalue weighted by molar-refractivity contribution is 6.25. The summed E-state index contributed by atoms with van der Waals surface area (Å²) in [5, 5.41) is 18.7. The summed E-state index contributed by atoms with van der Waals surface area (Å²) in [6.45, 7) is 4.15. The Morgan fingerprint density at radius 1 is 0.183 bits per heavy atom. The maximum Gasteiger partial charge on any atom is 0.165 e. The molecular weight excluding hydrogens is 1470 g/mol. The Morgan fingerprint density at radius 3 is 0.825 bits per heavy atom. The van der Waals surface area contributed by atoms with Crippen molar-refractivity contribution in [2.75, 3.05) is 0 Å². The molecule has 0 aliphatic carbocycles. The van der Waals surface area contributed by atoms with Gasteiger partial charge >= 0.3 is 0 Å². The molecule has 0 unspecified atom stereocenters. The van der Waals surface area contributed by atoms with Gasteiger partial charge in [-0.1, -0.05) is 248 Å². The van der Waals surface area contributed by atoms with Gasteiger partial charge < -0.3 is 0 Å². The molecule has 23 rings (SSSR count). The molecule has 0 radical (unpaired) electrons. The van der Waals surface area contributed by atoms with Crippen molar-refractivity contribution in [2.24, 2.45) is 0 Å². The van der Waals surface area contributed by atoms with E-state index in [9.17, 15) is 0 Å². The molecule has 562 valence electrons. The predicted molar refractivity (Wildman–Crippen MR) is 485 cm³/mol. The van der Waals surface area contributed by atoms with E-state index in [1.54, 1.807) is 31.0 Å². The molecule has 0 saturated carbocycles. The number of benzene rings is 12. The van der Waals surface area contributed by atoms with Gasteiger partial charge in [0.25, 0.3) is 0 Å². The maximum absolute atomic E-state index is 5.10. The van der Waals surface area contributed by atoms with Crippen molar-refractivity contribution in [3.8, 4) is 114 Å². The molecule has 15 nitrogen and oxygen atoms in total. The molecule has 23 aromatic rings. The van der Waals surface area contributed by atoms with Crippen LogP contribution in [0.2, 0.25) is 0 Å². The van der Waals surface area contributed by atoms with Crippen molar-refractivity contribution in [3.63, 3.8) is 0 Å². The zero-order valence-corrected chi connectivity index (χ0v) is 64.9. The minimum atomic E-state index is 0.532. The fraction of sp³-hybridized carbons (Fsp3) is 0.0190. The monoisotopic (exact) mass is 1540 g/mol. The third kappa shape index (κ3) is 13.5. The van der Waals surface area contributed by atoms with Crippen LogP contribution in [0.1, 0.15) is 11.1 Å². The minimum absolute atomic E-state index is 0.532. The second-order valence-electron chi connectivity index (χ2n) is 29.5. The summed E-state index contributed by atoms with van der Waals surface area (Å²) >= 11 is 0. The number of rotatable bonds is 10. The Balaban J connectivity index is 0.000000112. The SMILES string of the molecule is Cc1ccc(-c2nc(-c3ccc(C)cc3)nc(-c3ccc(-c4nc5ccccc5c5c4ccc4ccccc45)nc3)n2)cc1.c1ccc2c(c1)ccc1c(-c3ccc(-c4ccnc5ccccc45)cn3)nc3ccccc3c12.c1ccc2c(c1)ccc1c(-c3ccc(-c4nc(-c5ccncc5)nc(-c5ccncc5)n4)cn3)nc3ccccc3c12. The minimum Gasteiger partial charge on any atom is -0.265 e. The number of pyridine rings is 9. The van der Waals surface area contributed by atoms with Crippen LogP contribution in [-0.2, 0) is 0 Å². The van der Waals surface area contributed by atoms with Crippen LogP contribution in [0.15, 0.2) is 371 Å². The van der Waals surface area contributed by atoms with Gasteiger partial charge in [-0.3, -0.25) is 29.9 Å². The Hall–Kier alpha value is -16.4. The van der Waals surface area contributed by atoms with Gasteiger partial charge in [0.15, 0.2) is 34.9 Å². The van der Waals surface area contributed by atoms with Gasteiger partial charge in [0, 0.05) is 142 Å². The molecule has 0 saturated heterocycles. The lowest BCUT2D eigenvalue weighted by atomic mass is 9.96. The van der Waals surface area contributed by atoms with Crippen LogP contribution in [0.3, 0.4) is 0 Å². The van der Waals surface area contributed by atoms with Gasteiger partial charge in [0.2, 0.25) is 0 Å². The van der Waals surface area contributed by atoms with Crippen molar-refractivity contribution in [1.82, 2.24) is 74.8 Å². The quantitative estimate of drug-likeness (QED) is 0.117. The Morgan fingerprint density at radius 2 is 0.475 bits per heavy atom. The summed E-state index contributed by atoms with van der Waals surface area (Å²) in [6.07, 6.45) is 14.4. The summed E-state index contributed by atoms with van der Waals surface area (Å²) in [5.74, 6) is 3.49. The standard InChI is InChI=1S/C39H27N5.C35H21N7.C31H19N3/c1-24-11-15-27(16-12-24)37-42-38(28-17-13-25(2)14-18-28)44-39(43-37)29-20-22-34(40-23-29)36-32-21-19-26-7-3-4-8-30(26)35(32)31-9-5-6-10-33(31)41-36;1-2-6-26-22(5-1)9-11-28-31(26)27-7-3-4-8-29(27)39-32(28)30-12-10-25(21-38-30)35-41-33(23-13-17-36-18-14-23)40-34(42-35)24-15-19-37-20-16-24;1-2-8-23-20(7-1)13-15-26-30(23)25-10-4-6-12-28(25)34-31(26)29-16-14-21(19-33-29)22-17-18-32-27-11-5-3-9-24(22)27/h3-23H,1-2H3;1-21H;1-19H. The van der Waals surface area contributed by atoms with Crippen molar-refractivity contribution in [1.29, 1.82) is 0 Å². The fourth-order valence-electron chi connectivity index (χ4n) is 16.1. The molecule has 0 spiro atoms. The smallest absolute Gasteiger partial charge is 0.165 e. The van der Waals surface area contributed by atoms with E-state index in [-0.39, 0.29) is 0 Å². The lowest BCUT2D eigenvalue weighted by molar-refractivity contribution is 1.07. The number of hydrogen-bond acceptors (Lipinski definition) is 15. The van der Waals surface area contributed by atoms with Gasteiger partial charge in [-0.25, -0.2) is 44.9 Å². The summed E-state index contributed by atoms with van der Waals surface area (Å²) in [5.41, 5.74) is 18.6. The fourth-order valence-corrected chi connectivity index (χ4v) is 16.1. The molecule has 12 aromatic carbocycles. The molecule has 0 bridgehead atoms. The number of aromatic nitrogens is 15. The first kappa shape index (κ1) is 71.4. The number of fused-ring (bicyclic) bond motifs is 16. The number of nitrogens with zero attached hydrogens (tertiary/aromatic N) is 15. The average molecular weight is 1540 g/mol. The van der Waals surface area contributed by atoms with E-state index in [2.05, 4.69) is 265 Å². The number of aryl methyl sites for hydroxylation is 2. The van der Waals surface area contributed by atoms with Crippen molar-refractivity contribution in [2.45, 2.75) is 13.8 Å². The van der Waals surface area contributed by atoms with Crippen molar-refractivity contribution >= 4 is 108 Å². The third-order valence-electron chi connectivity index (χ3n) is 22.0. The molecule has 0 N–H and O–H groups in total. The first-order chi connectivity index (χ1) is 59.3. The highest BCUT2D eigenvalue weighted by Crippen LogP contribution is 2.42. The van der Waals surface area contributed by atoms with E-state index in [1.807, 2.05) is 104 Å². The van der Waals surface area contributed by atoms with Crippen LogP contribution in [0, 0.1) is 13.8 Å². The average Bonchev–Trinajstić information content (AvgIpc) is 0.749. The molecule has 0 amide bonds. The van der Waals surface area contributed by atoms with E-state index in [4.69, 9.17) is 59.8 Å². The largest absolute Gasteiger partial charge is 0.265 e.